The molecule has 4 aromatic rings. The van der Waals surface area contributed by atoms with Crippen LogP contribution in [0.25, 0.3) is 11.5 Å². The predicted molar refractivity (Wildman–Crippen MR) is 123 cm³/mol. The highest BCUT2D eigenvalue weighted by molar-refractivity contribution is 7.92. The molecule has 0 amide bonds. The molecule has 1 N–H and O–H groups in total. The molecule has 176 valence electrons. The van der Waals surface area contributed by atoms with Gasteiger partial charge in [-0.05, 0) is 43.3 Å². The van der Waals surface area contributed by atoms with Crippen LogP contribution in [-0.4, -0.2) is 36.3 Å². The van der Waals surface area contributed by atoms with Gasteiger partial charge in [-0.25, -0.2) is 18.2 Å². The normalized spacial score (nSPS) is 11.3. The van der Waals surface area contributed by atoms with E-state index in [1.165, 1.54) is 42.3 Å². The first-order chi connectivity index (χ1) is 16.3. The number of benzene rings is 2. The number of rotatable bonds is 8. The number of aryl methyl sites for hydroxylation is 2. The second kappa shape index (κ2) is 9.40. The van der Waals surface area contributed by atoms with Crippen molar-refractivity contribution in [3.63, 3.8) is 0 Å². The highest BCUT2D eigenvalue weighted by Gasteiger charge is 2.22. The summed E-state index contributed by atoms with van der Waals surface area (Å²) in [6.07, 6.45) is 1.37. The van der Waals surface area contributed by atoms with E-state index >= 15 is 0 Å². The van der Waals surface area contributed by atoms with Gasteiger partial charge in [-0.3, -0.25) is 9.40 Å². The molecule has 4 rings (SSSR count). The number of esters is 1. The number of carbonyl (C=O) groups excluding carboxylic acids is 1. The molecule has 0 atom stereocenters. The van der Waals surface area contributed by atoms with E-state index in [0.29, 0.717) is 23.1 Å². The standard InChI is InChI=1S/C23H22N4O6S/c1-15-20(24-22(33-15)16-7-5-4-6-8-16)14-32-17-9-11-18(12-10-17)34(29,30)26-21-19(23(28)31-3)13-27(2)25-21/h4-13H,14H2,1-3H3,(H,25,26). The molecule has 0 aliphatic rings. The third-order valence-corrected chi connectivity index (χ3v) is 6.24. The Morgan fingerprint density at radius 1 is 1.12 bits per heavy atom. The molecular weight excluding hydrogens is 460 g/mol. The number of aromatic nitrogens is 3. The van der Waals surface area contributed by atoms with Crippen molar-refractivity contribution in [1.29, 1.82) is 0 Å². The fraction of sp³-hybridized carbons (Fsp3) is 0.174. The Morgan fingerprint density at radius 2 is 1.82 bits per heavy atom. The number of hydrogen-bond acceptors (Lipinski definition) is 8. The number of nitrogens with zero attached hydrogens (tertiary/aromatic N) is 3. The summed E-state index contributed by atoms with van der Waals surface area (Å²) in [7, 11) is -1.23. The van der Waals surface area contributed by atoms with E-state index in [0.717, 1.165) is 5.56 Å². The molecule has 0 saturated heterocycles. The molecule has 2 heterocycles. The number of sulfonamides is 1. The molecule has 0 aliphatic carbocycles. The molecule has 10 nitrogen and oxygen atoms in total. The van der Waals surface area contributed by atoms with Crippen LogP contribution in [-0.2, 0) is 28.4 Å². The molecule has 2 aromatic carbocycles. The minimum atomic E-state index is -4.00. The summed E-state index contributed by atoms with van der Waals surface area (Å²) >= 11 is 0. The third kappa shape index (κ3) is 4.94. The van der Waals surface area contributed by atoms with Crippen LogP contribution in [0, 0.1) is 6.92 Å². The summed E-state index contributed by atoms with van der Waals surface area (Å²) in [5, 5.41) is 3.99. The maximum absolute atomic E-state index is 12.8. The van der Waals surface area contributed by atoms with Crippen molar-refractivity contribution in [3.05, 3.63) is 77.8 Å². The van der Waals surface area contributed by atoms with Crippen molar-refractivity contribution in [3.8, 4) is 17.2 Å². The number of nitrogens with one attached hydrogen (secondary N) is 1. The minimum absolute atomic E-state index is 0.00591. The van der Waals surface area contributed by atoms with Crippen LogP contribution in [0.2, 0.25) is 0 Å². The number of ether oxygens (including phenoxy) is 2. The zero-order chi connectivity index (χ0) is 24.3. The second-order valence-electron chi connectivity index (χ2n) is 7.31. The SMILES string of the molecule is COC(=O)c1cn(C)nc1NS(=O)(=O)c1ccc(OCc2nc(-c3ccccc3)oc2C)cc1. The third-order valence-electron chi connectivity index (χ3n) is 4.89. The first kappa shape index (κ1) is 23.1. The predicted octanol–water partition coefficient (Wildman–Crippen LogP) is 3.55. The lowest BCUT2D eigenvalue weighted by Gasteiger charge is -2.09. The van der Waals surface area contributed by atoms with Crippen LogP contribution < -0.4 is 9.46 Å². The maximum atomic E-state index is 12.8. The summed E-state index contributed by atoms with van der Waals surface area (Å²) in [6.45, 7) is 1.96. The summed E-state index contributed by atoms with van der Waals surface area (Å²) in [5.41, 5.74) is 1.51. The van der Waals surface area contributed by atoms with E-state index in [9.17, 15) is 13.2 Å². The van der Waals surface area contributed by atoms with Crippen molar-refractivity contribution < 1.29 is 27.1 Å². The Labute approximate surface area is 196 Å². The monoisotopic (exact) mass is 482 g/mol. The van der Waals surface area contributed by atoms with Gasteiger partial charge in [-0.2, -0.15) is 5.10 Å². The molecule has 0 aliphatic heterocycles. The minimum Gasteiger partial charge on any atom is -0.487 e. The Kier molecular flexibility index (Phi) is 6.37. The first-order valence-electron chi connectivity index (χ1n) is 10.2. The van der Waals surface area contributed by atoms with Crippen LogP contribution in [0.1, 0.15) is 21.8 Å². The van der Waals surface area contributed by atoms with E-state index in [2.05, 4.69) is 19.5 Å². The lowest BCUT2D eigenvalue weighted by atomic mass is 10.2. The van der Waals surface area contributed by atoms with Crippen LogP contribution in [0.4, 0.5) is 5.82 Å². The van der Waals surface area contributed by atoms with E-state index < -0.39 is 16.0 Å². The van der Waals surface area contributed by atoms with E-state index in [1.807, 2.05) is 30.3 Å². The van der Waals surface area contributed by atoms with E-state index in [1.54, 1.807) is 14.0 Å². The molecular formula is C23H22N4O6S. The lowest BCUT2D eigenvalue weighted by Crippen LogP contribution is -2.16. The Balaban J connectivity index is 1.45. The van der Waals surface area contributed by atoms with Gasteiger partial charge >= 0.3 is 5.97 Å². The zero-order valence-corrected chi connectivity index (χ0v) is 19.5. The highest BCUT2D eigenvalue weighted by Crippen LogP contribution is 2.24. The Bertz CT molecular complexity index is 1410. The van der Waals surface area contributed by atoms with Gasteiger partial charge in [0, 0.05) is 18.8 Å². The zero-order valence-electron chi connectivity index (χ0n) is 18.7. The smallest absolute Gasteiger partial charge is 0.343 e. The van der Waals surface area contributed by atoms with Crippen LogP contribution in [0.15, 0.2) is 70.1 Å². The van der Waals surface area contributed by atoms with Gasteiger partial charge in [-0.1, -0.05) is 18.2 Å². The van der Waals surface area contributed by atoms with Crippen molar-refractivity contribution >= 4 is 21.8 Å². The van der Waals surface area contributed by atoms with Gasteiger partial charge < -0.3 is 13.9 Å². The lowest BCUT2D eigenvalue weighted by molar-refractivity contribution is 0.0602. The van der Waals surface area contributed by atoms with E-state index in [-0.39, 0.29) is 22.9 Å². The molecule has 0 unspecified atom stereocenters. The molecule has 34 heavy (non-hydrogen) atoms. The first-order valence-corrected chi connectivity index (χ1v) is 11.6. The van der Waals surface area contributed by atoms with Crippen molar-refractivity contribution in [2.75, 3.05) is 11.8 Å². The van der Waals surface area contributed by atoms with Gasteiger partial charge in [0.15, 0.2) is 5.82 Å². The van der Waals surface area contributed by atoms with Gasteiger partial charge in [0.25, 0.3) is 10.0 Å². The average Bonchev–Trinajstić information content (AvgIpc) is 3.39. The molecule has 11 heteroatoms. The summed E-state index contributed by atoms with van der Waals surface area (Å²) < 4.78 is 45.3. The molecule has 0 radical (unpaired) electrons. The number of methoxy groups -OCH3 is 1. The summed E-state index contributed by atoms with van der Waals surface area (Å²) in [6, 6.07) is 15.4. The summed E-state index contributed by atoms with van der Waals surface area (Å²) in [5.74, 6) is 0.776. The maximum Gasteiger partial charge on any atom is 0.343 e. The van der Waals surface area contributed by atoms with Crippen LogP contribution >= 0.6 is 0 Å². The number of hydrogen-bond donors (Lipinski definition) is 1. The number of anilines is 1. The van der Waals surface area contributed by atoms with Crippen molar-refractivity contribution in [1.82, 2.24) is 14.8 Å². The van der Waals surface area contributed by atoms with Gasteiger partial charge in [-0.15, -0.1) is 0 Å². The fourth-order valence-electron chi connectivity index (χ4n) is 3.14. The number of carbonyl (C=O) groups is 1. The quantitative estimate of drug-likeness (QED) is 0.378. The molecule has 0 saturated carbocycles. The summed E-state index contributed by atoms with van der Waals surface area (Å²) in [4.78, 5) is 16.3. The Hall–Kier alpha value is -4.12. The number of oxazole rings is 1. The topological polar surface area (TPSA) is 126 Å². The second-order valence-corrected chi connectivity index (χ2v) is 8.99. The van der Waals surface area contributed by atoms with Crippen LogP contribution in [0.3, 0.4) is 0 Å². The Morgan fingerprint density at radius 3 is 2.50 bits per heavy atom. The van der Waals surface area contributed by atoms with Crippen molar-refractivity contribution in [2.45, 2.75) is 18.4 Å². The molecule has 0 spiro atoms. The molecule has 0 bridgehead atoms. The van der Waals surface area contributed by atoms with E-state index in [4.69, 9.17) is 9.15 Å². The molecule has 0 fully saturated rings. The van der Waals surface area contributed by atoms with Gasteiger partial charge in [0.2, 0.25) is 5.89 Å². The fourth-order valence-corrected chi connectivity index (χ4v) is 4.16. The molecule has 2 aromatic heterocycles. The largest absolute Gasteiger partial charge is 0.487 e. The van der Waals surface area contributed by atoms with Gasteiger partial charge in [0.1, 0.15) is 29.4 Å². The van der Waals surface area contributed by atoms with Crippen LogP contribution in [0.5, 0.6) is 5.75 Å². The highest BCUT2D eigenvalue weighted by atomic mass is 32.2. The van der Waals surface area contributed by atoms with Gasteiger partial charge in [0.05, 0.1) is 12.0 Å². The average molecular weight is 483 g/mol. The van der Waals surface area contributed by atoms with Crippen molar-refractivity contribution in [2.24, 2.45) is 7.05 Å².